The van der Waals surface area contributed by atoms with Gasteiger partial charge in [-0.25, -0.2) is 17.7 Å². The number of fused-ring (bicyclic) bond motifs is 1. The van der Waals surface area contributed by atoms with Gasteiger partial charge in [0.1, 0.15) is 5.82 Å². The Morgan fingerprint density at radius 2 is 1.86 bits per heavy atom. The summed E-state index contributed by atoms with van der Waals surface area (Å²) in [5.41, 5.74) is 4.00. The van der Waals surface area contributed by atoms with Crippen molar-refractivity contribution in [3.63, 3.8) is 0 Å². The summed E-state index contributed by atoms with van der Waals surface area (Å²) >= 11 is 0. The molecular weight excluding hydrogens is 478 g/mol. The number of sulfonamides is 1. The van der Waals surface area contributed by atoms with E-state index in [-0.39, 0.29) is 18.5 Å². The number of aromatic amines is 1. The molecule has 0 atom stereocenters. The number of benzene rings is 1. The van der Waals surface area contributed by atoms with E-state index >= 15 is 0 Å². The van der Waals surface area contributed by atoms with Gasteiger partial charge in [0.2, 0.25) is 16.8 Å². The second kappa shape index (κ2) is 9.36. The van der Waals surface area contributed by atoms with E-state index in [1.807, 2.05) is 36.4 Å². The first-order valence-corrected chi connectivity index (χ1v) is 13.5. The molecule has 9 nitrogen and oxygen atoms in total. The third kappa shape index (κ3) is 4.45. The van der Waals surface area contributed by atoms with Gasteiger partial charge in [-0.1, -0.05) is 12.1 Å². The van der Waals surface area contributed by atoms with Crippen LogP contribution >= 0.6 is 0 Å². The van der Waals surface area contributed by atoms with Gasteiger partial charge in [0.25, 0.3) is 0 Å². The van der Waals surface area contributed by atoms with Gasteiger partial charge in [0.05, 0.1) is 22.8 Å². The molecule has 36 heavy (non-hydrogen) atoms. The third-order valence-corrected chi connectivity index (χ3v) is 8.45. The summed E-state index contributed by atoms with van der Waals surface area (Å²) in [4.78, 5) is 17.1. The molecule has 2 aliphatic heterocycles. The van der Waals surface area contributed by atoms with Crippen molar-refractivity contribution in [3.05, 3.63) is 78.5 Å². The number of hydrogen-bond donors (Lipinski definition) is 1. The van der Waals surface area contributed by atoms with E-state index < -0.39 is 10.0 Å². The van der Waals surface area contributed by atoms with Gasteiger partial charge in [-0.2, -0.15) is 0 Å². The van der Waals surface area contributed by atoms with E-state index in [2.05, 4.69) is 15.0 Å². The third-order valence-electron chi connectivity index (χ3n) is 6.60. The van der Waals surface area contributed by atoms with E-state index in [1.165, 1.54) is 0 Å². The second-order valence-electron chi connectivity index (χ2n) is 8.92. The van der Waals surface area contributed by atoms with Gasteiger partial charge >= 0.3 is 0 Å². The Morgan fingerprint density at radius 3 is 2.64 bits per heavy atom. The maximum atomic E-state index is 13.0. The normalized spacial score (nSPS) is 16.3. The molecule has 0 spiro atoms. The lowest BCUT2D eigenvalue weighted by atomic mass is 9.97. The van der Waals surface area contributed by atoms with E-state index in [9.17, 15) is 8.42 Å². The zero-order valence-electron chi connectivity index (χ0n) is 19.5. The molecule has 2 aliphatic rings. The molecule has 0 amide bonds. The maximum absolute atomic E-state index is 13.0. The summed E-state index contributed by atoms with van der Waals surface area (Å²) in [6.45, 7) is 1.11. The average molecular weight is 504 g/mol. The van der Waals surface area contributed by atoms with Crippen LogP contribution in [0.1, 0.15) is 30.1 Å². The van der Waals surface area contributed by atoms with Crippen molar-refractivity contribution in [3.8, 4) is 34.1 Å². The number of ether oxygens (including phenoxy) is 2. The molecule has 6 rings (SSSR count). The summed E-state index contributed by atoms with van der Waals surface area (Å²) < 4.78 is 38.5. The Morgan fingerprint density at radius 1 is 1.00 bits per heavy atom. The number of rotatable bonds is 6. The van der Waals surface area contributed by atoms with Gasteiger partial charge in [-0.05, 0) is 54.8 Å². The molecule has 1 N–H and O–H groups in total. The van der Waals surface area contributed by atoms with Crippen molar-refractivity contribution in [2.75, 3.05) is 19.9 Å². The van der Waals surface area contributed by atoms with Crippen LogP contribution in [0.15, 0.2) is 67.1 Å². The van der Waals surface area contributed by atoms with Crippen molar-refractivity contribution >= 4 is 10.0 Å². The molecule has 5 heterocycles. The zero-order chi connectivity index (χ0) is 24.5. The molecule has 184 valence electrons. The van der Waals surface area contributed by atoms with Crippen LogP contribution in [0.4, 0.5) is 0 Å². The van der Waals surface area contributed by atoms with Crippen molar-refractivity contribution in [1.82, 2.24) is 24.2 Å². The van der Waals surface area contributed by atoms with Crippen LogP contribution in [0.25, 0.3) is 22.6 Å². The van der Waals surface area contributed by atoms with E-state index in [4.69, 9.17) is 14.5 Å². The predicted molar refractivity (Wildman–Crippen MR) is 134 cm³/mol. The van der Waals surface area contributed by atoms with Gasteiger partial charge < -0.3 is 14.5 Å². The minimum absolute atomic E-state index is 0.0374. The summed E-state index contributed by atoms with van der Waals surface area (Å²) in [6, 6.07) is 15.1. The highest BCUT2D eigenvalue weighted by atomic mass is 32.2. The molecule has 10 heteroatoms. The van der Waals surface area contributed by atoms with Crippen LogP contribution in [0.5, 0.6) is 11.5 Å². The number of H-pyrrole nitrogens is 1. The molecule has 1 aromatic carbocycles. The zero-order valence-corrected chi connectivity index (χ0v) is 20.3. The lowest BCUT2D eigenvalue weighted by Crippen LogP contribution is -2.38. The van der Waals surface area contributed by atoms with Crippen molar-refractivity contribution in [2.45, 2.75) is 24.5 Å². The highest BCUT2D eigenvalue weighted by molar-refractivity contribution is 7.88. The van der Waals surface area contributed by atoms with Crippen molar-refractivity contribution in [1.29, 1.82) is 0 Å². The van der Waals surface area contributed by atoms with Crippen LogP contribution in [-0.2, 0) is 15.8 Å². The van der Waals surface area contributed by atoms with Gasteiger partial charge in [0.15, 0.2) is 11.5 Å². The standard InChI is InChI=1S/C26H25N5O4S/c32-36(33,16-18-4-3-10-27-15-18)31-12-8-19(9-13-31)26-29-24(25(30-26)21-5-1-2-11-28-21)20-6-7-22-23(14-20)35-17-34-22/h1-7,10-11,14-15,19H,8-9,12-13,16-17H2,(H,29,30). The largest absolute Gasteiger partial charge is 0.454 e. The summed E-state index contributed by atoms with van der Waals surface area (Å²) in [5, 5.41) is 0. The summed E-state index contributed by atoms with van der Waals surface area (Å²) in [5.74, 6) is 2.32. The molecule has 0 unspecified atom stereocenters. The van der Waals surface area contributed by atoms with Crippen LogP contribution in [0.2, 0.25) is 0 Å². The molecule has 3 aromatic heterocycles. The van der Waals surface area contributed by atoms with E-state index in [1.54, 1.807) is 35.0 Å². The highest BCUT2D eigenvalue weighted by Crippen LogP contribution is 2.39. The smallest absolute Gasteiger partial charge is 0.231 e. The van der Waals surface area contributed by atoms with Crippen LogP contribution in [0, 0.1) is 0 Å². The first-order chi connectivity index (χ1) is 17.6. The fourth-order valence-electron chi connectivity index (χ4n) is 4.73. The second-order valence-corrected chi connectivity index (χ2v) is 10.9. The summed E-state index contributed by atoms with van der Waals surface area (Å²) in [7, 11) is -3.41. The SMILES string of the molecule is O=S(=O)(Cc1cccnc1)N1CCC(c2nc(-c3ccc4c(c3)OCO4)c(-c3ccccn3)[nH]2)CC1. The minimum Gasteiger partial charge on any atom is -0.454 e. The number of pyridine rings is 2. The lowest BCUT2D eigenvalue weighted by molar-refractivity contribution is 0.174. The van der Waals surface area contributed by atoms with Gasteiger partial charge in [0, 0.05) is 43.2 Å². The Bertz CT molecular complexity index is 1470. The number of nitrogens with zero attached hydrogens (tertiary/aromatic N) is 4. The van der Waals surface area contributed by atoms with Crippen molar-refractivity contribution in [2.24, 2.45) is 0 Å². The molecule has 0 radical (unpaired) electrons. The van der Waals surface area contributed by atoms with Crippen molar-refractivity contribution < 1.29 is 17.9 Å². The average Bonchev–Trinajstić information content (AvgIpc) is 3.57. The van der Waals surface area contributed by atoms with Crippen LogP contribution in [0.3, 0.4) is 0 Å². The highest BCUT2D eigenvalue weighted by Gasteiger charge is 2.31. The molecule has 0 aliphatic carbocycles. The molecule has 1 saturated heterocycles. The lowest BCUT2D eigenvalue weighted by Gasteiger charge is -2.30. The Kier molecular flexibility index (Phi) is 5.90. The van der Waals surface area contributed by atoms with Crippen LogP contribution < -0.4 is 9.47 Å². The predicted octanol–water partition coefficient (Wildman–Crippen LogP) is 3.97. The molecule has 0 bridgehead atoms. The fourth-order valence-corrected chi connectivity index (χ4v) is 6.27. The fraction of sp³-hybridized carbons (Fsp3) is 0.269. The first-order valence-electron chi connectivity index (χ1n) is 11.8. The number of piperidine rings is 1. The van der Waals surface area contributed by atoms with Gasteiger partial charge in [-0.15, -0.1) is 0 Å². The first kappa shape index (κ1) is 22.7. The number of hydrogen-bond acceptors (Lipinski definition) is 7. The van der Waals surface area contributed by atoms with E-state index in [0.29, 0.717) is 43.0 Å². The Hall–Kier alpha value is -3.76. The molecular formula is C26H25N5O4S. The molecule has 4 aromatic rings. The number of imidazole rings is 1. The Labute approximate surface area is 209 Å². The monoisotopic (exact) mass is 503 g/mol. The molecule has 0 saturated carbocycles. The maximum Gasteiger partial charge on any atom is 0.231 e. The minimum atomic E-state index is -3.41. The number of aromatic nitrogens is 4. The summed E-state index contributed by atoms with van der Waals surface area (Å²) in [6.07, 6.45) is 6.36. The van der Waals surface area contributed by atoms with Gasteiger partial charge in [-0.3, -0.25) is 9.97 Å². The topological polar surface area (TPSA) is 110 Å². The number of nitrogens with one attached hydrogen (secondary N) is 1. The Balaban J connectivity index is 1.25. The van der Waals surface area contributed by atoms with Crippen LogP contribution in [-0.4, -0.2) is 52.5 Å². The van der Waals surface area contributed by atoms with E-state index in [0.717, 1.165) is 28.5 Å². The quantitative estimate of drug-likeness (QED) is 0.424. The molecule has 1 fully saturated rings.